The van der Waals surface area contributed by atoms with Crippen molar-refractivity contribution >= 4 is 10.0 Å². The van der Waals surface area contributed by atoms with Crippen LogP contribution in [0.3, 0.4) is 0 Å². The molecule has 1 atom stereocenters. The third-order valence-electron chi connectivity index (χ3n) is 4.06. The van der Waals surface area contributed by atoms with Crippen LogP contribution in [0, 0.1) is 0 Å². The quantitative estimate of drug-likeness (QED) is 0.679. The van der Waals surface area contributed by atoms with E-state index in [9.17, 15) is 13.2 Å². The first kappa shape index (κ1) is 18.8. The van der Waals surface area contributed by atoms with Gasteiger partial charge < -0.3 is 4.74 Å². The van der Waals surface area contributed by atoms with E-state index in [1.54, 1.807) is 19.1 Å². The van der Waals surface area contributed by atoms with Crippen LogP contribution in [0.5, 0.6) is 5.75 Å². The van der Waals surface area contributed by atoms with Gasteiger partial charge in [-0.2, -0.15) is 5.10 Å². The van der Waals surface area contributed by atoms with E-state index in [0.717, 1.165) is 5.56 Å². The van der Waals surface area contributed by atoms with Crippen molar-refractivity contribution in [3.8, 4) is 17.0 Å². The lowest BCUT2D eigenvalue weighted by Crippen LogP contribution is -2.27. The summed E-state index contributed by atoms with van der Waals surface area (Å²) in [5.74, 6) is 0.218. The van der Waals surface area contributed by atoms with Gasteiger partial charge in [-0.1, -0.05) is 30.3 Å². The number of nitrogens with one attached hydrogen (secondary N) is 2. The zero-order valence-electron chi connectivity index (χ0n) is 14.8. The second-order valence-corrected chi connectivity index (χ2v) is 7.61. The first-order chi connectivity index (χ1) is 12.9. The molecule has 0 fully saturated rings. The van der Waals surface area contributed by atoms with Crippen LogP contribution < -0.4 is 15.0 Å². The van der Waals surface area contributed by atoms with Gasteiger partial charge in [-0.15, -0.1) is 0 Å². The number of aromatic nitrogens is 2. The van der Waals surface area contributed by atoms with E-state index in [2.05, 4.69) is 14.9 Å². The average Bonchev–Trinajstić information content (AvgIpc) is 2.68. The fraction of sp³-hybridized carbons (Fsp3) is 0.158. The predicted octanol–water partition coefficient (Wildman–Crippen LogP) is 2.49. The second-order valence-electron chi connectivity index (χ2n) is 5.93. The highest BCUT2D eigenvalue weighted by Crippen LogP contribution is 2.29. The molecule has 0 saturated carbocycles. The maximum Gasteiger partial charge on any atom is 0.264 e. The van der Waals surface area contributed by atoms with Crippen molar-refractivity contribution in [3.63, 3.8) is 0 Å². The Morgan fingerprint density at radius 3 is 2.44 bits per heavy atom. The smallest absolute Gasteiger partial charge is 0.264 e. The molecule has 1 aromatic heterocycles. The van der Waals surface area contributed by atoms with Gasteiger partial charge in [0.2, 0.25) is 10.0 Å². The summed E-state index contributed by atoms with van der Waals surface area (Å²) in [6.45, 7) is 1.77. The van der Waals surface area contributed by atoms with Gasteiger partial charge in [0, 0.05) is 17.7 Å². The SMILES string of the molecule is COc1ccc(-c2ccc(=O)[nH]n2)cc1S(=O)(=O)N[C@H](C)c1ccccc1. The number of hydrogen-bond acceptors (Lipinski definition) is 5. The van der Waals surface area contributed by atoms with Crippen molar-refractivity contribution in [1.29, 1.82) is 0 Å². The first-order valence-corrected chi connectivity index (χ1v) is 9.70. The topological polar surface area (TPSA) is 101 Å². The minimum absolute atomic E-state index is 0.00159. The zero-order valence-corrected chi connectivity index (χ0v) is 15.7. The summed E-state index contributed by atoms with van der Waals surface area (Å²) in [7, 11) is -2.45. The molecule has 0 bridgehead atoms. The first-order valence-electron chi connectivity index (χ1n) is 8.22. The number of nitrogens with zero attached hydrogens (tertiary/aromatic N) is 1. The van der Waals surface area contributed by atoms with E-state index in [4.69, 9.17) is 4.74 Å². The minimum atomic E-state index is -3.86. The molecular weight excluding hydrogens is 366 g/mol. The molecule has 3 rings (SSSR count). The molecular formula is C19H19N3O4S. The predicted molar refractivity (Wildman–Crippen MR) is 102 cm³/mol. The number of hydrogen-bond donors (Lipinski definition) is 2. The molecule has 0 aliphatic rings. The van der Waals surface area contributed by atoms with Crippen LogP contribution in [0.25, 0.3) is 11.3 Å². The number of sulfonamides is 1. The third-order valence-corrected chi connectivity index (χ3v) is 5.62. The summed E-state index contributed by atoms with van der Waals surface area (Å²) in [6.07, 6.45) is 0. The van der Waals surface area contributed by atoms with Crippen LogP contribution in [0.15, 0.2) is 70.4 Å². The molecule has 0 radical (unpaired) electrons. The molecule has 140 valence electrons. The van der Waals surface area contributed by atoms with Gasteiger partial charge in [0.15, 0.2) is 0 Å². The highest BCUT2D eigenvalue weighted by molar-refractivity contribution is 7.89. The van der Waals surface area contributed by atoms with Crippen LogP contribution >= 0.6 is 0 Å². The lowest BCUT2D eigenvalue weighted by atomic mass is 10.1. The van der Waals surface area contributed by atoms with Crippen molar-refractivity contribution in [2.75, 3.05) is 7.11 Å². The zero-order chi connectivity index (χ0) is 19.4. The van der Waals surface area contributed by atoms with Gasteiger partial charge in [0.25, 0.3) is 5.56 Å². The van der Waals surface area contributed by atoms with E-state index in [1.165, 1.54) is 25.3 Å². The molecule has 2 aromatic carbocycles. The standard InChI is InChI=1S/C19H19N3O4S/c1-13(14-6-4-3-5-7-14)22-27(24,25)18-12-15(8-10-17(18)26-2)16-9-11-19(23)21-20-16/h3-13,22H,1-2H3,(H,21,23)/t13-/m1/s1. The molecule has 0 aliphatic heterocycles. The fourth-order valence-electron chi connectivity index (χ4n) is 2.66. The number of aromatic amines is 1. The number of benzene rings is 2. The number of methoxy groups -OCH3 is 1. The largest absolute Gasteiger partial charge is 0.495 e. The highest BCUT2D eigenvalue weighted by atomic mass is 32.2. The molecule has 0 amide bonds. The van der Waals surface area contributed by atoms with Crippen molar-refractivity contribution in [2.45, 2.75) is 17.9 Å². The van der Waals surface area contributed by atoms with Crippen molar-refractivity contribution < 1.29 is 13.2 Å². The molecule has 7 nitrogen and oxygen atoms in total. The minimum Gasteiger partial charge on any atom is -0.495 e. The van der Waals surface area contributed by atoms with Crippen LogP contribution in [0.1, 0.15) is 18.5 Å². The van der Waals surface area contributed by atoms with Crippen LogP contribution in [-0.2, 0) is 10.0 Å². The van der Waals surface area contributed by atoms with E-state index < -0.39 is 16.1 Å². The normalized spacial score (nSPS) is 12.5. The molecule has 0 aliphatic carbocycles. The van der Waals surface area contributed by atoms with Gasteiger partial charge in [0.1, 0.15) is 10.6 Å². The van der Waals surface area contributed by atoms with Crippen LogP contribution in [0.4, 0.5) is 0 Å². The number of ether oxygens (including phenoxy) is 1. The Kier molecular flexibility index (Phi) is 5.38. The molecule has 2 N–H and O–H groups in total. The van der Waals surface area contributed by atoms with E-state index in [0.29, 0.717) is 11.3 Å². The monoisotopic (exact) mass is 385 g/mol. The summed E-state index contributed by atoms with van der Waals surface area (Å²) >= 11 is 0. The summed E-state index contributed by atoms with van der Waals surface area (Å²) in [5, 5.41) is 6.28. The molecule has 3 aromatic rings. The molecule has 0 saturated heterocycles. The number of H-pyrrole nitrogens is 1. The molecule has 8 heteroatoms. The van der Waals surface area contributed by atoms with Crippen molar-refractivity contribution in [2.24, 2.45) is 0 Å². The van der Waals surface area contributed by atoms with Crippen LogP contribution in [0.2, 0.25) is 0 Å². The lowest BCUT2D eigenvalue weighted by Gasteiger charge is -2.17. The Hall–Kier alpha value is -2.97. The Balaban J connectivity index is 1.99. The molecule has 27 heavy (non-hydrogen) atoms. The lowest BCUT2D eigenvalue weighted by molar-refractivity contribution is 0.402. The van der Waals surface area contributed by atoms with Crippen molar-refractivity contribution in [3.05, 3.63) is 76.6 Å². The van der Waals surface area contributed by atoms with Crippen LogP contribution in [-0.4, -0.2) is 25.7 Å². The molecule has 0 spiro atoms. The molecule has 0 unspecified atom stereocenters. The van der Waals surface area contributed by atoms with Gasteiger partial charge >= 0.3 is 0 Å². The van der Waals surface area contributed by atoms with E-state index >= 15 is 0 Å². The average molecular weight is 385 g/mol. The van der Waals surface area contributed by atoms with E-state index in [1.807, 2.05) is 30.3 Å². The highest BCUT2D eigenvalue weighted by Gasteiger charge is 2.23. The van der Waals surface area contributed by atoms with Gasteiger partial charge in [-0.25, -0.2) is 18.2 Å². The Labute approximate surface area is 157 Å². The number of rotatable bonds is 6. The Morgan fingerprint density at radius 2 is 1.81 bits per heavy atom. The maximum absolute atomic E-state index is 13.0. The Bertz CT molecular complexity index is 1070. The van der Waals surface area contributed by atoms with E-state index in [-0.39, 0.29) is 16.2 Å². The maximum atomic E-state index is 13.0. The summed E-state index contributed by atoms with van der Waals surface area (Å²) in [4.78, 5) is 11.2. The summed E-state index contributed by atoms with van der Waals surface area (Å²) < 4.78 is 33.8. The van der Waals surface area contributed by atoms with Gasteiger partial charge in [0.05, 0.1) is 12.8 Å². The van der Waals surface area contributed by atoms with Crippen molar-refractivity contribution in [1.82, 2.24) is 14.9 Å². The second kappa shape index (κ2) is 7.73. The van der Waals surface area contributed by atoms with Gasteiger partial charge in [-0.3, -0.25) is 4.79 Å². The molecule has 1 heterocycles. The third kappa shape index (κ3) is 4.24. The summed E-state index contributed by atoms with van der Waals surface area (Å²) in [6, 6.07) is 16.4. The van der Waals surface area contributed by atoms with Gasteiger partial charge in [-0.05, 0) is 36.8 Å². The summed E-state index contributed by atoms with van der Waals surface area (Å²) in [5.41, 5.74) is 1.50. The Morgan fingerprint density at radius 1 is 1.07 bits per heavy atom. The fourth-order valence-corrected chi connectivity index (χ4v) is 4.08.